The molecular formula is C6H13NO2S. The van der Waals surface area contributed by atoms with E-state index in [2.05, 4.69) is 0 Å². The Morgan fingerprint density at radius 3 is 2.00 bits per heavy atom. The lowest BCUT2D eigenvalue weighted by molar-refractivity contribution is 0.346. The van der Waals surface area contributed by atoms with Crippen molar-refractivity contribution in [2.24, 2.45) is 5.73 Å². The Bertz CT molecular complexity index is 210. The second kappa shape index (κ2) is 2.20. The number of hydrogen-bond acceptors (Lipinski definition) is 3. The molecule has 0 aromatic carbocycles. The van der Waals surface area contributed by atoms with Crippen molar-refractivity contribution in [1.29, 1.82) is 0 Å². The zero-order valence-corrected chi connectivity index (χ0v) is 6.95. The van der Waals surface area contributed by atoms with Crippen LogP contribution < -0.4 is 5.73 Å². The molecule has 0 aromatic heterocycles. The Morgan fingerprint density at radius 1 is 1.50 bits per heavy atom. The molecule has 0 saturated heterocycles. The third kappa shape index (κ3) is 0.953. The van der Waals surface area contributed by atoms with Crippen LogP contribution in [-0.2, 0) is 9.84 Å². The topological polar surface area (TPSA) is 60.2 Å². The van der Waals surface area contributed by atoms with Gasteiger partial charge >= 0.3 is 0 Å². The summed E-state index contributed by atoms with van der Waals surface area (Å²) in [6, 6.07) is 0. The molecule has 0 atom stereocenters. The van der Waals surface area contributed by atoms with Crippen LogP contribution in [0.4, 0.5) is 0 Å². The molecule has 0 radical (unpaired) electrons. The first-order valence-corrected chi connectivity index (χ1v) is 5.31. The molecule has 1 fully saturated rings. The van der Waals surface area contributed by atoms with E-state index in [0.29, 0.717) is 0 Å². The molecule has 0 bridgehead atoms. The van der Waals surface area contributed by atoms with Crippen LogP contribution in [0.3, 0.4) is 0 Å². The van der Waals surface area contributed by atoms with E-state index in [1.165, 1.54) is 6.26 Å². The Hall–Kier alpha value is -0.0900. The SMILES string of the molecule is CS(=O)(=O)C1(CN)CCC1. The monoisotopic (exact) mass is 163 g/mol. The smallest absolute Gasteiger partial charge is 0.154 e. The van der Waals surface area contributed by atoms with E-state index in [1.54, 1.807) is 0 Å². The van der Waals surface area contributed by atoms with Crippen molar-refractivity contribution in [1.82, 2.24) is 0 Å². The minimum atomic E-state index is -2.90. The molecule has 60 valence electrons. The molecule has 10 heavy (non-hydrogen) atoms. The fraction of sp³-hybridized carbons (Fsp3) is 1.00. The van der Waals surface area contributed by atoms with Gasteiger partial charge < -0.3 is 5.73 Å². The van der Waals surface area contributed by atoms with Crippen LogP contribution in [0, 0.1) is 0 Å². The summed E-state index contributed by atoms with van der Waals surface area (Å²) >= 11 is 0. The van der Waals surface area contributed by atoms with Gasteiger partial charge in [0.1, 0.15) is 0 Å². The van der Waals surface area contributed by atoms with E-state index in [1.807, 2.05) is 0 Å². The van der Waals surface area contributed by atoms with E-state index < -0.39 is 14.6 Å². The predicted octanol–water partition coefficient (Wildman–Crippen LogP) is -0.0876. The first kappa shape index (κ1) is 8.01. The maximum atomic E-state index is 11.1. The quantitative estimate of drug-likeness (QED) is 0.619. The van der Waals surface area contributed by atoms with Crippen LogP contribution in [0.15, 0.2) is 0 Å². The van der Waals surface area contributed by atoms with Gasteiger partial charge in [-0.2, -0.15) is 0 Å². The highest BCUT2D eigenvalue weighted by Gasteiger charge is 2.44. The Morgan fingerprint density at radius 2 is 2.00 bits per heavy atom. The summed E-state index contributed by atoms with van der Waals surface area (Å²) in [6.45, 7) is 0.284. The van der Waals surface area contributed by atoms with E-state index >= 15 is 0 Å². The molecule has 4 heteroatoms. The average Bonchev–Trinajstić information content (AvgIpc) is 1.58. The molecule has 0 aromatic rings. The van der Waals surface area contributed by atoms with Crippen molar-refractivity contribution in [3.63, 3.8) is 0 Å². The summed E-state index contributed by atoms with van der Waals surface area (Å²) in [5.41, 5.74) is 5.38. The number of nitrogens with two attached hydrogens (primary N) is 1. The third-order valence-electron chi connectivity index (χ3n) is 2.42. The minimum absolute atomic E-state index is 0.284. The summed E-state index contributed by atoms with van der Waals surface area (Å²) in [5, 5.41) is 0. The van der Waals surface area contributed by atoms with E-state index in [-0.39, 0.29) is 6.54 Å². The van der Waals surface area contributed by atoms with Crippen molar-refractivity contribution in [3.05, 3.63) is 0 Å². The van der Waals surface area contributed by atoms with Gasteiger partial charge in [0.15, 0.2) is 9.84 Å². The maximum absolute atomic E-state index is 11.1. The predicted molar refractivity (Wildman–Crippen MR) is 40.5 cm³/mol. The van der Waals surface area contributed by atoms with Crippen molar-refractivity contribution >= 4 is 9.84 Å². The van der Waals surface area contributed by atoms with Crippen LogP contribution in [0.2, 0.25) is 0 Å². The van der Waals surface area contributed by atoms with Crippen molar-refractivity contribution in [2.45, 2.75) is 24.0 Å². The van der Waals surface area contributed by atoms with Gasteiger partial charge in [0.25, 0.3) is 0 Å². The van der Waals surface area contributed by atoms with Gasteiger partial charge in [-0.25, -0.2) is 8.42 Å². The zero-order chi connectivity index (χ0) is 7.83. The van der Waals surface area contributed by atoms with Gasteiger partial charge in [-0.1, -0.05) is 6.42 Å². The van der Waals surface area contributed by atoms with Crippen LogP contribution in [0.25, 0.3) is 0 Å². The Labute approximate surface area is 61.5 Å². The average molecular weight is 163 g/mol. The Kier molecular flexibility index (Phi) is 1.76. The summed E-state index contributed by atoms with van der Waals surface area (Å²) in [7, 11) is -2.90. The van der Waals surface area contributed by atoms with Gasteiger partial charge in [-0.3, -0.25) is 0 Å². The maximum Gasteiger partial charge on any atom is 0.154 e. The molecule has 0 unspecified atom stereocenters. The van der Waals surface area contributed by atoms with Gasteiger partial charge in [-0.15, -0.1) is 0 Å². The lowest BCUT2D eigenvalue weighted by atomic mass is 9.84. The summed E-state index contributed by atoms with van der Waals surface area (Å²) < 4.78 is 21.6. The summed E-state index contributed by atoms with van der Waals surface area (Å²) in [6.07, 6.45) is 3.79. The van der Waals surface area contributed by atoms with E-state index in [9.17, 15) is 8.42 Å². The summed E-state index contributed by atoms with van der Waals surface area (Å²) in [4.78, 5) is 0. The standard InChI is InChI=1S/C6H13NO2S/c1-10(8,9)6(5-7)3-2-4-6/h2-5,7H2,1H3. The fourth-order valence-corrected chi connectivity index (χ4v) is 2.63. The van der Waals surface area contributed by atoms with Gasteiger partial charge in [-0.05, 0) is 12.8 Å². The molecule has 0 aliphatic heterocycles. The summed E-state index contributed by atoms with van der Waals surface area (Å²) in [5.74, 6) is 0. The molecule has 1 saturated carbocycles. The first-order chi connectivity index (χ1) is 4.52. The molecule has 1 aliphatic rings. The largest absolute Gasteiger partial charge is 0.329 e. The van der Waals surface area contributed by atoms with Crippen molar-refractivity contribution in [2.75, 3.05) is 12.8 Å². The van der Waals surface area contributed by atoms with Gasteiger partial charge in [0.05, 0.1) is 4.75 Å². The fourth-order valence-electron chi connectivity index (χ4n) is 1.30. The third-order valence-corrected chi connectivity index (χ3v) is 4.57. The minimum Gasteiger partial charge on any atom is -0.329 e. The molecule has 3 nitrogen and oxygen atoms in total. The Balaban J connectivity index is 2.85. The molecule has 1 rings (SSSR count). The van der Waals surface area contributed by atoms with Crippen LogP contribution in [0.5, 0.6) is 0 Å². The molecule has 0 amide bonds. The molecule has 0 spiro atoms. The van der Waals surface area contributed by atoms with Crippen LogP contribution in [-0.4, -0.2) is 26.0 Å². The number of hydrogen-bond donors (Lipinski definition) is 1. The van der Waals surface area contributed by atoms with E-state index in [0.717, 1.165) is 19.3 Å². The highest BCUT2D eigenvalue weighted by molar-refractivity contribution is 7.92. The zero-order valence-electron chi connectivity index (χ0n) is 6.13. The lowest BCUT2D eigenvalue weighted by Gasteiger charge is -2.38. The first-order valence-electron chi connectivity index (χ1n) is 3.41. The highest BCUT2D eigenvalue weighted by Crippen LogP contribution is 2.37. The van der Waals surface area contributed by atoms with Crippen molar-refractivity contribution < 1.29 is 8.42 Å². The molecule has 0 heterocycles. The van der Waals surface area contributed by atoms with Crippen LogP contribution in [0.1, 0.15) is 19.3 Å². The van der Waals surface area contributed by atoms with Gasteiger partial charge in [0.2, 0.25) is 0 Å². The second-order valence-corrected chi connectivity index (χ2v) is 5.42. The molecule has 1 aliphatic carbocycles. The normalized spacial score (nSPS) is 23.8. The number of rotatable bonds is 2. The van der Waals surface area contributed by atoms with Crippen LogP contribution >= 0.6 is 0 Å². The highest BCUT2D eigenvalue weighted by atomic mass is 32.2. The van der Waals surface area contributed by atoms with Crippen molar-refractivity contribution in [3.8, 4) is 0 Å². The molecule has 2 N–H and O–H groups in total. The second-order valence-electron chi connectivity index (χ2n) is 3.01. The molecular weight excluding hydrogens is 150 g/mol. The lowest BCUT2D eigenvalue weighted by Crippen LogP contribution is -2.50. The van der Waals surface area contributed by atoms with E-state index in [4.69, 9.17) is 5.73 Å². The van der Waals surface area contributed by atoms with Gasteiger partial charge in [0, 0.05) is 12.8 Å². The number of sulfone groups is 1.